The summed E-state index contributed by atoms with van der Waals surface area (Å²) in [4.78, 5) is 11.2. The molecule has 2 heterocycles. The van der Waals surface area contributed by atoms with E-state index in [4.69, 9.17) is 0 Å². The maximum Gasteiger partial charge on any atom is 0.227 e. The van der Waals surface area contributed by atoms with E-state index in [-0.39, 0.29) is 5.75 Å². The lowest BCUT2D eigenvalue weighted by molar-refractivity contribution is 0.224. The van der Waals surface area contributed by atoms with Crippen molar-refractivity contribution in [1.82, 2.24) is 14.3 Å². The van der Waals surface area contributed by atoms with E-state index in [0.29, 0.717) is 32.1 Å². The summed E-state index contributed by atoms with van der Waals surface area (Å²) in [5.41, 5.74) is 5.26. The number of aliphatic hydroxyl groups is 1. The second kappa shape index (κ2) is 11.8. The third kappa shape index (κ3) is 6.91. The SMILES string of the molecule is CC(O)Nc1ccc(-c2ccnc(Nc3ccc(N4CCN(S(=O)(=O)Cc5ccccc5)CC4)cc3)n2)cc1. The molecule has 202 valence electrons. The molecule has 3 aromatic carbocycles. The molecule has 1 fully saturated rings. The minimum Gasteiger partial charge on any atom is -0.374 e. The van der Waals surface area contributed by atoms with Crippen molar-refractivity contribution in [1.29, 1.82) is 0 Å². The number of sulfonamides is 1. The van der Waals surface area contributed by atoms with Gasteiger partial charge in [0.1, 0.15) is 6.23 Å². The fraction of sp³-hybridized carbons (Fsp3) is 0.241. The van der Waals surface area contributed by atoms with E-state index in [1.165, 1.54) is 0 Å². The van der Waals surface area contributed by atoms with Crippen molar-refractivity contribution in [3.8, 4) is 11.3 Å². The summed E-state index contributed by atoms with van der Waals surface area (Å²) in [6.45, 7) is 3.87. The first-order chi connectivity index (χ1) is 18.9. The highest BCUT2D eigenvalue weighted by Crippen LogP contribution is 2.24. The van der Waals surface area contributed by atoms with Crippen LogP contribution in [0.1, 0.15) is 12.5 Å². The van der Waals surface area contributed by atoms with E-state index in [9.17, 15) is 13.5 Å². The van der Waals surface area contributed by atoms with Gasteiger partial charge in [0, 0.05) is 55.0 Å². The quantitative estimate of drug-likeness (QED) is 0.268. The van der Waals surface area contributed by atoms with Gasteiger partial charge in [0.25, 0.3) is 0 Å². The molecule has 9 nitrogen and oxygen atoms in total. The van der Waals surface area contributed by atoms with Gasteiger partial charge in [-0.15, -0.1) is 0 Å². The van der Waals surface area contributed by atoms with E-state index in [2.05, 4.69) is 25.5 Å². The highest BCUT2D eigenvalue weighted by Gasteiger charge is 2.27. The summed E-state index contributed by atoms with van der Waals surface area (Å²) in [7, 11) is -3.34. The van der Waals surface area contributed by atoms with Gasteiger partial charge < -0.3 is 20.6 Å². The van der Waals surface area contributed by atoms with Crippen LogP contribution in [0, 0.1) is 0 Å². The van der Waals surface area contributed by atoms with Crippen LogP contribution < -0.4 is 15.5 Å². The number of anilines is 4. The Labute approximate surface area is 229 Å². The Morgan fingerprint density at radius 1 is 0.872 bits per heavy atom. The maximum absolute atomic E-state index is 12.9. The number of nitrogens with zero attached hydrogens (tertiary/aromatic N) is 4. The summed E-state index contributed by atoms with van der Waals surface area (Å²) in [5.74, 6) is 0.520. The van der Waals surface area contributed by atoms with Gasteiger partial charge in [-0.3, -0.25) is 0 Å². The van der Waals surface area contributed by atoms with Crippen molar-refractivity contribution in [3.63, 3.8) is 0 Å². The van der Waals surface area contributed by atoms with Crippen LogP contribution in [0.5, 0.6) is 0 Å². The molecule has 4 aromatic rings. The molecule has 1 aliphatic heterocycles. The van der Waals surface area contributed by atoms with Gasteiger partial charge in [0.05, 0.1) is 11.4 Å². The first kappa shape index (κ1) is 26.6. The van der Waals surface area contributed by atoms with Crippen molar-refractivity contribution in [2.75, 3.05) is 41.7 Å². The standard InChI is InChI=1S/C29H32N6O3S/c1-22(36)31-25-9-7-24(8-10-25)28-15-16-30-29(33-28)32-26-11-13-27(14-12-26)34-17-19-35(20-18-34)39(37,38)21-23-5-3-2-4-6-23/h2-16,22,31,36H,17-21H2,1H3,(H,30,32,33). The molecular formula is C29H32N6O3S. The Kier molecular flexibility index (Phi) is 8.06. The van der Waals surface area contributed by atoms with Crippen LogP contribution in [0.15, 0.2) is 91.1 Å². The smallest absolute Gasteiger partial charge is 0.227 e. The van der Waals surface area contributed by atoms with Gasteiger partial charge in [-0.2, -0.15) is 4.31 Å². The van der Waals surface area contributed by atoms with Crippen molar-refractivity contribution in [2.24, 2.45) is 0 Å². The van der Waals surface area contributed by atoms with Gasteiger partial charge in [-0.25, -0.2) is 18.4 Å². The van der Waals surface area contributed by atoms with Crippen molar-refractivity contribution in [3.05, 3.63) is 96.7 Å². The third-order valence-electron chi connectivity index (χ3n) is 6.52. The van der Waals surface area contributed by atoms with E-state index in [1.807, 2.05) is 84.9 Å². The Balaban J connectivity index is 1.17. The second-order valence-corrected chi connectivity index (χ2v) is 11.4. The lowest BCUT2D eigenvalue weighted by Crippen LogP contribution is -2.49. The number of piperazine rings is 1. The van der Waals surface area contributed by atoms with Crippen LogP contribution in [-0.2, 0) is 15.8 Å². The van der Waals surface area contributed by atoms with Crippen molar-refractivity contribution < 1.29 is 13.5 Å². The van der Waals surface area contributed by atoms with Crippen LogP contribution in [0.4, 0.5) is 23.0 Å². The Hall–Kier alpha value is -3.99. The van der Waals surface area contributed by atoms with Crippen LogP contribution in [-0.4, -0.2) is 60.2 Å². The summed E-state index contributed by atoms with van der Waals surface area (Å²) in [6, 6.07) is 26.8. The van der Waals surface area contributed by atoms with Gasteiger partial charge in [-0.05, 0) is 55.0 Å². The number of rotatable bonds is 9. The number of hydrogen-bond donors (Lipinski definition) is 3. The summed E-state index contributed by atoms with van der Waals surface area (Å²) < 4.78 is 27.3. The summed E-state index contributed by atoms with van der Waals surface area (Å²) in [5, 5.41) is 15.7. The molecule has 1 saturated heterocycles. The second-order valence-electron chi connectivity index (χ2n) is 9.46. The van der Waals surface area contributed by atoms with Crippen molar-refractivity contribution >= 4 is 33.0 Å². The average molecular weight is 545 g/mol. The van der Waals surface area contributed by atoms with Gasteiger partial charge in [-0.1, -0.05) is 42.5 Å². The van der Waals surface area contributed by atoms with Gasteiger partial charge >= 0.3 is 0 Å². The maximum atomic E-state index is 12.9. The lowest BCUT2D eigenvalue weighted by atomic mass is 10.1. The molecule has 0 saturated carbocycles. The van der Waals surface area contributed by atoms with E-state index in [1.54, 1.807) is 17.4 Å². The molecule has 1 aliphatic rings. The fourth-order valence-electron chi connectivity index (χ4n) is 4.54. The summed E-state index contributed by atoms with van der Waals surface area (Å²) in [6.07, 6.45) is 1.09. The minimum atomic E-state index is -3.34. The number of benzene rings is 3. The molecule has 0 spiro atoms. The molecule has 1 aromatic heterocycles. The predicted octanol–water partition coefficient (Wildman–Crippen LogP) is 4.29. The van der Waals surface area contributed by atoms with Crippen LogP contribution in [0.3, 0.4) is 0 Å². The Bertz CT molecular complexity index is 1470. The predicted molar refractivity (Wildman–Crippen MR) is 155 cm³/mol. The third-order valence-corrected chi connectivity index (χ3v) is 8.37. The number of aliphatic hydroxyl groups excluding tert-OH is 1. The normalized spacial score (nSPS) is 15.1. The molecule has 5 rings (SSSR count). The number of aromatic nitrogens is 2. The largest absolute Gasteiger partial charge is 0.374 e. The van der Waals surface area contributed by atoms with Crippen LogP contribution >= 0.6 is 0 Å². The molecule has 10 heteroatoms. The molecule has 0 amide bonds. The highest BCUT2D eigenvalue weighted by atomic mass is 32.2. The number of nitrogens with one attached hydrogen (secondary N) is 2. The lowest BCUT2D eigenvalue weighted by Gasteiger charge is -2.35. The summed E-state index contributed by atoms with van der Waals surface area (Å²) >= 11 is 0. The zero-order valence-electron chi connectivity index (χ0n) is 21.7. The molecule has 0 bridgehead atoms. The fourth-order valence-corrected chi connectivity index (χ4v) is 6.06. The molecule has 0 aliphatic carbocycles. The average Bonchev–Trinajstić information content (AvgIpc) is 2.94. The number of hydrogen-bond acceptors (Lipinski definition) is 8. The van der Waals surface area contributed by atoms with Gasteiger partial charge in [0.15, 0.2) is 0 Å². The topological polar surface area (TPSA) is 111 Å². The van der Waals surface area contributed by atoms with E-state index >= 15 is 0 Å². The first-order valence-electron chi connectivity index (χ1n) is 12.9. The Morgan fingerprint density at radius 2 is 1.54 bits per heavy atom. The van der Waals surface area contributed by atoms with Crippen molar-refractivity contribution in [2.45, 2.75) is 18.9 Å². The van der Waals surface area contributed by atoms with Crippen LogP contribution in [0.2, 0.25) is 0 Å². The zero-order valence-corrected chi connectivity index (χ0v) is 22.6. The molecule has 3 N–H and O–H groups in total. The highest BCUT2D eigenvalue weighted by molar-refractivity contribution is 7.88. The Morgan fingerprint density at radius 3 is 2.21 bits per heavy atom. The molecule has 39 heavy (non-hydrogen) atoms. The monoisotopic (exact) mass is 544 g/mol. The molecule has 1 unspecified atom stereocenters. The molecule has 0 radical (unpaired) electrons. The zero-order chi connectivity index (χ0) is 27.2. The minimum absolute atomic E-state index is 0.0307. The van der Waals surface area contributed by atoms with E-state index in [0.717, 1.165) is 33.9 Å². The van der Waals surface area contributed by atoms with E-state index < -0.39 is 16.3 Å². The molecule has 1 atom stereocenters. The first-order valence-corrected chi connectivity index (χ1v) is 14.5. The van der Waals surface area contributed by atoms with Gasteiger partial charge in [0.2, 0.25) is 16.0 Å². The van der Waals surface area contributed by atoms with Crippen LogP contribution in [0.25, 0.3) is 11.3 Å². The molecular weight excluding hydrogens is 512 g/mol.